The van der Waals surface area contributed by atoms with E-state index in [0.29, 0.717) is 0 Å². The van der Waals surface area contributed by atoms with Crippen LogP contribution in [0.2, 0.25) is 0 Å². The summed E-state index contributed by atoms with van der Waals surface area (Å²) in [7, 11) is 0. The van der Waals surface area contributed by atoms with Crippen molar-refractivity contribution in [1.29, 1.82) is 0 Å². The van der Waals surface area contributed by atoms with Crippen LogP contribution in [0.5, 0.6) is 0 Å². The maximum Gasteiger partial charge on any atom is 0.0725 e. The van der Waals surface area contributed by atoms with Gasteiger partial charge in [-0.15, -0.1) is 0 Å². The van der Waals surface area contributed by atoms with Crippen molar-refractivity contribution in [1.82, 2.24) is 0 Å². The van der Waals surface area contributed by atoms with Crippen molar-refractivity contribution in [2.75, 3.05) is 4.90 Å². The van der Waals surface area contributed by atoms with Crippen molar-refractivity contribution in [3.8, 4) is 55.6 Å². The molecule has 10 aromatic carbocycles. The Labute approximate surface area is 351 Å². The van der Waals surface area contributed by atoms with Crippen LogP contribution in [-0.4, -0.2) is 0 Å². The molecule has 0 aromatic heterocycles. The Hall–Kier alpha value is -7.74. The fraction of sp³-hybridized carbons (Fsp3) is 0.0169. The lowest BCUT2D eigenvalue weighted by Crippen LogP contribution is -2.25. The van der Waals surface area contributed by atoms with E-state index in [4.69, 9.17) is 0 Å². The number of anilines is 3. The summed E-state index contributed by atoms with van der Waals surface area (Å²) >= 11 is 0. The molecule has 0 N–H and O–H groups in total. The van der Waals surface area contributed by atoms with Gasteiger partial charge in [0.05, 0.1) is 5.41 Å². The van der Waals surface area contributed by atoms with Crippen LogP contribution in [0.4, 0.5) is 17.1 Å². The third kappa shape index (κ3) is 5.06. The molecule has 0 atom stereocenters. The summed E-state index contributed by atoms with van der Waals surface area (Å²) in [5, 5.41) is 2.52. The number of para-hydroxylation sites is 1. The Morgan fingerprint density at radius 3 is 1.33 bits per heavy atom. The van der Waals surface area contributed by atoms with E-state index in [1.807, 2.05) is 0 Å². The Morgan fingerprint density at radius 2 is 0.667 bits per heavy atom. The molecule has 0 amide bonds. The number of nitrogens with zero attached hydrogens (tertiary/aromatic N) is 1. The molecule has 0 saturated carbocycles. The van der Waals surface area contributed by atoms with Crippen LogP contribution in [0, 0.1) is 0 Å². The number of fused-ring (bicyclic) bond motifs is 11. The number of rotatable bonds is 6. The van der Waals surface area contributed by atoms with E-state index in [0.717, 1.165) is 17.1 Å². The zero-order chi connectivity index (χ0) is 39.6. The van der Waals surface area contributed by atoms with Crippen LogP contribution >= 0.6 is 0 Å². The molecular formula is C59H39N. The molecule has 280 valence electrons. The van der Waals surface area contributed by atoms with Crippen molar-refractivity contribution in [3.63, 3.8) is 0 Å². The maximum absolute atomic E-state index is 2.38. The second kappa shape index (κ2) is 13.7. The molecule has 0 unspecified atom stereocenters. The summed E-state index contributed by atoms with van der Waals surface area (Å²) in [5.74, 6) is 0. The standard InChI is InChI=1S/C59H39N/c1-2-18-43(19-3-1)60(44-36-32-41(33-37-44)47-26-14-17-40-16-4-5-20-46(40)47)45-38-34-42(35-39-45)48-21-6-7-22-49(48)52-27-15-31-57-58(52)53-25-10-13-30-56(53)59(57)54-28-11-8-23-50(54)51-24-9-12-29-55(51)59/h1-39H. The SMILES string of the molecule is c1ccc(N(c2ccc(-c3ccccc3-c3cccc4c3-c3ccccc3C43c4ccccc4-c4ccccc43)cc2)c2ccc(-c3cccc4ccccc34)cc2)cc1. The Balaban J connectivity index is 0.963. The Bertz CT molecular complexity index is 3200. The average molecular weight is 762 g/mol. The monoisotopic (exact) mass is 761 g/mol. The first-order valence-corrected chi connectivity index (χ1v) is 20.8. The molecule has 12 rings (SSSR count). The van der Waals surface area contributed by atoms with Crippen LogP contribution in [0.3, 0.4) is 0 Å². The third-order valence-electron chi connectivity index (χ3n) is 12.9. The zero-order valence-corrected chi connectivity index (χ0v) is 33.0. The average Bonchev–Trinajstić information content (AvgIpc) is 3.80. The van der Waals surface area contributed by atoms with Gasteiger partial charge in [-0.1, -0.05) is 200 Å². The molecule has 0 fully saturated rings. The molecule has 0 aliphatic heterocycles. The van der Waals surface area contributed by atoms with Gasteiger partial charge in [-0.25, -0.2) is 0 Å². The molecule has 0 bridgehead atoms. The maximum atomic E-state index is 2.38. The number of benzene rings is 10. The normalized spacial score (nSPS) is 12.8. The molecule has 1 nitrogen and oxygen atoms in total. The van der Waals surface area contributed by atoms with Crippen molar-refractivity contribution in [2.24, 2.45) is 0 Å². The molecule has 1 heteroatoms. The first-order valence-electron chi connectivity index (χ1n) is 20.8. The molecule has 0 saturated heterocycles. The fourth-order valence-corrected chi connectivity index (χ4v) is 10.4. The van der Waals surface area contributed by atoms with Crippen LogP contribution in [0.15, 0.2) is 237 Å². The van der Waals surface area contributed by atoms with Gasteiger partial charge in [-0.3, -0.25) is 0 Å². The second-order valence-corrected chi connectivity index (χ2v) is 16.0. The molecule has 0 radical (unpaired) electrons. The highest BCUT2D eigenvalue weighted by atomic mass is 15.1. The Kier molecular flexibility index (Phi) is 7.83. The molecular weight excluding hydrogens is 723 g/mol. The molecule has 1 spiro atoms. The van der Waals surface area contributed by atoms with E-state index in [1.54, 1.807) is 0 Å². The van der Waals surface area contributed by atoms with Gasteiger partial charge in [0.2, 0.25) is 0 Å². The Morgan fingerprint density at radius 1 is 0.250 bits per heavy atom. The van der Waals surface area contributed by atoms with Gasteiger partial charge in [-0.05, 0) is 125 Å². The summed E-state index contributed by atoms with van der Waals surface area (Å²) in [4.78, 5) is 2.35. The first-order chi connectivity index (χ1) is 29.8. The van der Waals surface area contributed by atoms with Crippen LogP contribution in [0.1, 0.15) is 22.3 Å². The van der Waals surface area contributed by atoms with E-state index in [-0.39, 0.29) is 5.41 Å². The summed E-state index contributed by atoms with van der Waals surface area (Å²) in [6.45, 7) is 0. The van der Waals surface area contributed by atoms with Crippen LogP contribution in [0.25, 0.3) is 66.4 Å². The topological polar surface area (TPSA) is 3.24 Å². The number of hydrogen-bond donors (Lipinski definition) is 0. The van der Waals surface area contributed by atoms with Gasteiger partial charge >= 0.3 is 0 Å². The highest BCUT2D eigenvalue weighted by molar-refractivity contribution is 6.02. The number of hydrogen-bond acceptors (Lipinski definition) is 1. The van der Waals surface area contributed by atoms with Gasteiger partial charge in [-0.2, -0.15) is 0 Å². The lowest BCUT2D eigenvalue weighted by Gasteiger charge is -2.30. The van der Waals surface area contributed by atoms with Crippen molar-refractivity contribution < 1.29 is 0 Å². The highest BCUT2D eigenvalue weighted by Crippen LogP contribution is 2.64. The minimum Gasteiger partial charge on any atom is -0.311 e. The molecule has 2 aliphatic rings. The lowest BCUT2D eigenvalue weighted by molar-refractivity contribution is 0.794. The van der Waals surface area contributed by atoms with Gasteiger partial charge in [0, 0.05) is 17.1 Å². The van der Waals surface area contributed by atoms with Crippen LogP contribution < -0.4 is 4.90 Å². The van der Waals surface area contributed by atoms with E-state index in [2.05, 4.69) is 241 Å². The minimum absolute atomic E-state index is 0.375. The van der Waals surface area contributed by atoms with Crippen molar-refractivity contribution in [2.45, 2.75) is 5.41 Å². The van der Waals surface area contributed by atoms with Gasteiger partial charge in [0.25, 0.3) is 0 Å². The van der Waals surface area contributed by atoms with Gasteiger partial charge in [0.15, 0.2) is 0 Å². The second-order valence-electron chi connectivity index (χ2n) is 16.0. The quantitative estimate of drug-likeness (QED) is 0.163. The molecule has 60 heavy (non-hydrogen) atoms. The summed E-state index contributed by atoms with van der Waals surface area (Å²) in [6, 6.07) is 87.0. The fourth-order valence-electron chi connectivity index (χ4n) is 10.4. The predicted octanol–water partition coefficient (Wildman–Crippen LogP) is 15.7. The van der Waals surface area contributed by atoms with Crippen LogP contribution in [-0.2, 0) is 5.41 Å². The van der Waals surface area contributed by atoms with Crippen molar-refractivity contribution >= 4 is 27.8 Å². The smallest absolute Gasteiger partial charge is 0.0725 e. The lowest BCUT2D eigenvalue weighted by atomic mass is 9.70. The van der Waals surface area contributed by atoms with E-state index in [1.165, 1.54) is 88.7 Å². The van der Waals surface area contributed by atoms with E-state index < -0.39 is 0 Å². The summed E-state index contributed by atoms with van der Waals surface area (Å²) < 4.78 is 0. The summed E-state index contributed by atoms with van der Waals surface area (Å²) in [6.07, 6.45) is 0. The van der Waals surface area contributed by atoms with Gasteiger partial charge in [0.1, 0.15) is 0 Å². The summed E-state index contributed by atoms with van der Waals surface area (Å²) in [5.41, 5.74) is 21.0. The molecule has 2 aliphatic carbocycles. The van der Waals surface area contributed by atoms with Crippen molar-refractivity contribution in [3.05, 3.63) is 259 Å². The molecule has 10 aromatic rings. The first kappa shape index (κ1) is 34.3. The molecule has 0 heterocycles. The van der Waals surface area contributed by atoms with E-state index >= 15 is 0 Å². The third-order valence-corrected chi connectivity index (χ3v) is 12.9. The van der Waals surface area contributed by atoms with E-state index in [9.17, 15) is 0 Å². The predicted molar refractivity (Wildman–Crippen MR) is 251 cm³/mol. The van der Waals surface area contributed by atoms with Gasteiger partial charge < -0.3 is 4.90 Å². The largest absolute Gasteiger partial charge is 0.311 e. The minimum atomic E-state index is -0.375. The zero-order valence-electron chi connectivity index (χ0n) is 33.0. The highest BCUT2D eigenvalue weighted by Gasteiger charge is 2.52.